The van der Waals surface area contributed by atoms with E-state index in [2.05, 4.69) is 20.7 Å². The fourth-order valence-electron chi connectivity index (χ4n) is 4.72. The van der Waals surface area contributed by atoms with E-state index in [0.29, 0.717) is 29.2 Å². The molecule has 5 rings (SSSR count). The number of hydrogen-bond acceptors (Lipinski definition) is 8. The van der Waals surface area contributed by atoms with Gasteiger partial charge >= 0.3 is 6.03 Å². The Hall–Kier alpha value is -3.97. The Morgan fingerprint density at radius 3 is 2.89 bits per heavy atom. The van der Waals surface area contributed by atoms with Crippen molar-refractivity contribution in [3.05, 3.63) is 47.7 Å². The number of carbonyl (C=O) groups excluding carboxylic acids is 3. The third kappa shape index (κ3) is 5.34. The van der Waals surface area contributed by atoms with Crippen molar-refractivity contribution < 1.29 is 24.2 Å². The van der Waals surface area contributed by atoms with Crippen LogP contribution in [0, 0.1) is 0 Å². The van der Waals surface area contributed by atoms with Crippen molar-refractivity contribution in [2.45, 2.75) is 31.0 Å². The first-order chi connectivity index (χ1) is 18.3. The lowest BCUT2D eigenvalue weighted by atomic mass is 10.1. The summed E-state index contributed by atoms with van der Waals surface area (Å²) in [6, 6.07) is 5.01. The molecule has 13 heteroatoms. The number of ether oxygens (including phenoxy) is 1. The second kappa shape index (κ2) is 10.8. The van der Waals surface area contributed by atoms with Gasteiger partial charge in [0.15, 0.2) is 0 Å². The van der Waals surface area contributed by atoms with Crippen LogP contribution in [-0.4, -0.2) is 92.4 Å². The van der Waals surface area contributed by atoms with Gasteiger partial charge in [-0.15, -0.1) is 11.3 Å². The quantitative estimate of drug-likeness (QED) is 0.449. The highest BCUT2D eigenvalue weighted by Gasteiger charge is 2.39. The zero-order valence-electron chi connectivity index (χ0n) is 21.0. The number of anilines is 1. The van der Waals surface area contributed by atoms with Gasteiger partial charge in [0.2, 0.25) is 5.91 Å². The smallest absolute Gasteiger partial charge is 0.319 e. The zero-order valence-corrected chi connectivity index (χ0v) is 21.9. The summed E-state index contributed by atoms with van der Waals surface area (Å²) in [4.78, 5) is 47.6. The van der Waals surface area contributed by atoms with Gasteiger partial charge in [-0.2, -0.15) is 5.10 Å². The Kier molecular flexibility index (Phi) is 7.29. The predicted octanol–water partition coefficient (Wildman–Crippen LogP) is 1.55. The van der Waals surface area contributed by atoms with Crippen LogP contribution >= 0.6 is 11.3 Å². The number of fused-ring (bicyclic) bond motifs is 5. The van der Waals surface area contributed by atoms with Crippen molar-refractivity contribution in [3.8, 4) is 16.3 Å². The van der Waals surface area contributed by atoms with E-state index < -0.39 is 18.2 Å². The highest BCUT2D eigenvalue weighted by molar-refractivity contribution is 7.14. The number of aromatic nitrogens is 3. The Balaban J connectivity index is 1.44. The average molecular weight is 540 g/mol. The molecule has 0 radical (unpaired) electrons. The van der Waals surface area contributed by atoms with Crippen LogP contribution in [0.25, 0.3) is 10.6 Å². The van der Waals surface area contributed by atoms with Crippen LogP contribution in [0.4, 0.5) is 10.5 Å². The fourth-order valence-corrected chi connectivity index (χ4v) is 5.51. The number of hydrogen-bond donors (Lipinski definition) is 3. The Morgan fingerprint density at radius 1 is 1.26 bits per heavy atom. The van der Waals surface area contributed by atoms with Gasteiger partial charge < -0.3 is 30.3 Å². The summed E-state index contributed by atoms with van der Waals surface area (Å²) in [6.45, 7) is 0.494. The minimum absolute atomic E-state index is 0.129. The first kappa shape index (κ1) is 25.7. The summed E-state index contributed by atoms with van der Waals surface area (Å²) in [5, 5.41) is 22.2. The van der Waals surface area contributed by atoms with Crippen LogP contribution < -0.4 is 15.4 Å². The molecule has 0 aromatic carbocycles. The number of aliphatic hydroxyl groups is 1. The minimum Gasteiger partial charge on any atom is -0.490 e. The summed E-state index contributed by atoms with van der Waals surface area (Å²) >= 11 is 1.45. The van der Waals surface area contributed by atoms with Crippen LogP contribution in [0.3, 0.4) is 0 Å². The number of thiophene rings is 1. The second-order valence-electron chi connectivity index (χ2n) is 9.41. The van der Waals surface area contributed by atoms with Crippen molar-refractivity contribution in [1.82, 2.24) is 29.9 Å². The van der Waals surface area contributed by atoms with E-state index in [-0.39, 0.29) is 44.0 Å². The van der Waals surface area contributed by atoms with E-state index in [9.17, 15) is 19.5 Å². The third-order valence-electron chi connectivity index (χ3n) is 6.69. The van der Waals surface area contributed by atoms with E-state index >= 15 is 0 Å². The number of nitrogens with zero attached hydrogens (tertiary/aromatic N) is 5. The molecule has 1 saturated heterocycles. The summed E-state index contributed by atoms with van der Waals surface area (Å²) < 4.78 is 7.65. The monoisotopic (exact) mass is 539 g/mol. The van der Waals surface area contributed by atoms with Gasteiger partial charge in [-0.25, -0.2) is 4.79 Å². The molecule has 0 spiro atoms. The molecule has 0 saturated carbocycles. The van der Waals surface area contributed by atoms with Crippen molar-refractivity contribution in [2.75, 3.05) is 32.1 Å². The minimum atomic E-state index is -0.946. The van der Waals surface area contributed by atoms with Gasteiger partial charge in [0.05, 0.1) is 28.9 Å². The molecule has 2 aliphatic heterocycles. The molecule has 3 aromatic rings. The Bertz CT molecular complexity index is 1330. The largest absolute Gasteiger partial charge is 0.490 e. The predicted molar refractivity (Wildman–Crippen MR) is 140 cm³/mol. The van der Waals surface area contributed by atoms with Crippen molar-refractivity contribution in [1.29, 1.82) is 0 Å². The molecule has 2 bridgehead atoms. The molecule has 4 amide bonds. The van der Waals surface area contributed by atoms with Crippen LogP contribution in [-0.2, 0) is 11.8 Å². The van der Waals surface area contributed by atoms with E-state index in [4.69, 9.17) is 4.74 Å². The number of aliphatic hydroxyl groups excluding tert-OH is 1. The number of rotatable bonds is 2. The molecule has 3 atom stereocenters. The lowest BCUT2D eigenvalue weighted by molar-refractivity contribution is -0.135. The number of urea groups is 1. The molecule has 5 heterocycles. The molecule has 12 nitrogen and oxygen atoms in total. The molecule has 38 heavy (non-hydrogen) atoms. The topological polar surface area (TPSA) is 142 Å². The second-order valence-corrected chi connectivity index (χ2v) is 10.3. The van der Waals surface area contributed by atoms with Gasteiger partial charge in [-0.05, 0) is 42.5 Å². The van der Waals surface area contributed by atoms with E-state index in [1.54, 1.807) is 43.4 Å². The van der Waals surface area contributed by atoms with Crippen LogP contribution in [0.2, 0.25) is 0 Å². The van der Waals surface area contributed by atoms with Gasteiger partial charge in [0.1, 0.15) is 29.8 Å². The highest BCUT2D eigenvalue weighted by Crippen LogP contribution is 2.36. The molecule has 0 unspecified atom stereocenters. The van der Waals surface area contributed by atoms with Crippen molar-refractivity contribution in [2.24, 2.45) is 7.05 Å². The molecule has 200 valence electrons. The van der Waals surface area contributed by atoms with Gasteiger partial charge in [-0.1, -0.05) is 0 Å². The summed E-state index contributed by atoms with van der Waals surface area (Å²) in [5.74, 6) is -0.0183. The molecule has 3 aromatic heterocycles. The maximum Gasteiger partial charge on any atom is 0.319 e. The van der Waals surface area contributed by atoms with Gasteiger partial charge in [0, 0.05) is 33.4 Å². The lowest BCUT2D eigenvalue weighted by Gasteiger charge is -2.30. The Morgan fingerprint density at radius 2 is 2.11 bits per heavy atom. The maximum absolute atomic E-state index is 13.7. The van der Waals surface area contributed by atoms with Crippen LogP contribution in [0.15, 0.2) is 42.0 Å². The third-order valence-corrected chi connectivity index (χ3v) is 7.61. The molecular weight excluding hydrogens is 510 g/mol. The summed E-state index contributed by atoms with van der Waals surface area (Å²) in [7, 11) is 3.35. The lowest BCUT2D eigenvalue weighted by Crippen LogP contribution is -2.53. The van der Waals surface area contributed by atoms with Crippen molar-refractivity contribution >= 4 is 34.9 Å². The van der Waals surface area contributed by atoms with E-state index in [1.807, 2.05) is 11.4 Å². The first-order valence-corrected chi connectivity index (χ1v) is 13.1. The number of amides is 4. The van der Waals surface area contributed by atoms with Gasteiger partial charge in [-0.3, -0.25) is 19.3 Å². The Labute approximate surface area is 223 Å². The van der Waals surface area contributed by atoms with Gasteiger partial charge in [0.25, 0.3) is 5.91 Å². The normalized spacial score (nSPS) is 22.1. The standard InChI is InChI=1S/C25H29N7O5S/c1-30-8-5-18(28-25(36)27-15-4-3-7-26-12-15)23(34)32-13-17(33)10-16(32)14-37-21-6-9-38-22(21)19-11-20(24(30)35)31(2)29-19/h3-4,6-7,9,11-12,16-18,33H,5,8,10,13-14H2,1-2H3,(H2,27,28,36)/t16-,17-,18-/m0/s1. The first-order valence-electron chi connectivity index (χ1n) is 12.3. The zero-order chi connectivity index (χ0) is 26.8. The number of pyridine rings is 1. The maximum atomic E-state index is 13.7. The SMILES string of the molecule is CN1CC[C@H](NC(=O)Nc2cccnc2)C(=O)N2C[C@@H](O)C[C@H]2COc2ccsc2-c2cc(n(C)n2)C1=O. The molecule has 3 N–H and O–H groups in total. The highest BCUT2D eigenvalue weighted by atomic mass is 32.1. The average Bonchev–Trinajstić information content (AvgIpc) is 3.62. The van der Waals surface area contributed by atoms with E-state index in [1.165, 1.54) is 27.1 Å². The number of nitrogens with one attached hydrogen (secondary N) is 2. The number of carbonyl (C=O) groups is 3. The molecule has 2 aliphatic rings. The molecular formula is C25H29N7O5S. The number of aryl methyl sites for hydroxylation is 1. The van der Waals surface area contributed by atoms with E-state index in [0.717, 1.165) is 4.88 Å². The fraction of sp³-hybridized carbons (Fsp3) is 0.400. The van der Waals surface area contributed by atoms with Crippen LogP contribution in [0.5, 0.6) is 5.75 Å². The summed E-state index contributed by atoms with van der Waals surface area (Å²) in [5.41, 5.74) is 1.49. The van der Waals surface area contributed by atoms with Crippen LogP contribution in [0.1, 0.15) is 23.3 Å². The molecule has 0 aliphatic carbocycles. The molecule has 1 fully saturated rings. The van der Waals surface area contributed by atoms with Crippen molar-refractivity contribution in [3.63, 3.8) is 0 Å². The summed E-state index contributed by atoms with van der Waals surface area (Å²) in [6.07, 6.45) is 2.90.